The van der Waals surface area contributed by atoms with E-state index in [1.165, 1.54) is 82.0 Å². The smallest absolute Gasteiger partial charge is 0.205 e. The van der Waals surface area contributed by atoms with Gasteiger partial charge in [0.1, 0.15) is 0 Å². The van der Waals surface area contributed by atoms with Gasteiger partial charge in [-0.1, -0.05) is 132 Å². The van der Waals surface area contributed by atoms with Crippen molar-refractivity contribution in [3.63, 3.8) is 0 Å². The van der Waals surface area contributed by atoms with Crippen molar-refractivity contribution in [3.8, 4) is 0 Å². The van der Waals surface area contributed by atoms with Crippen LogP contribution in [-0.4, -0.2) is 49.0 Å². The number of rotatable bonds is 29. The zero-order valence-corrected chi connectivity index (χ0v) is 33.1. The molecule has 0 aromatic heterocycles. The summed E-state index contributed by atoms with van der Waals surface area (Å²) in [6.07, 6.45) is 24.0. The molecule has 0 radical (unpaired) electrons. The van der Waals surface area contributed by atoms with Gasteiger partial charge in [-0.05, 0) is 66.9 Å². The molecule has 2 aliphatic rings. The molecule has 0 amide bonds. The molecule has 2 heterocycles. The minimum absolute atomic E-state index is 0.0584. The van der Waals surface area contributed by atoms with Gasteiger partial charge in [-0.25, -0.2) is 0 Å². The lowest BCUT2D eigenvalue weighted by molar-refractivity contribution is -0.211. The summed E-state index contributed by atoms with van der Waals surface area (Å²) in [5, 5.41) is 2.28. The number of thioether (sulfide) groups is 2. The molecule has 0 bridgehead atoms. The average molecular weight is 683 g/mol. The topological polar surface area (TPSA) is 36.9 Å². The fourth-order valence-electron chi connectivity index (χ4n) is 6.40. The van der Waals surface area contributed by atoms with Crippen molar-refractivity contribution < 1.29 is 18.9 Å². The van der Waals surface area contributed by atoms with E-state index in [1.54, 1.807) is 0 Å². The quantitative estimate of drug-likeness (QED) is 0.0731. The van der Waals surface area contributed by atoms with Crippen LogP contribution in [-0.2, 0) is 18.9 Å². The predicted molar refractivity (Wildman–Crippen MR) is 204 cm³/mol. The molecule has 4 nitrogen and oxygen atoms in total. The van der Waals surface area contributed by atoms with E-state index in [-0.39, 0.29) is 5.25 Å². The maximum Gasteiger partial charge on any atom is 0.205 e. The van der Waals surface area contributed by atoms with Gasteiger partial charge in [-0.15, -0.1) is 23.5 Å². The molecule has 0 saturated carbocycles. The van der Waals surface area contributed by atoms with Gasteiger partial charge < -0.3 is 18.9 Å². The summed E-state index contributed by atoms with van der Waals surface area (Å²) < 4.78 is 27.7. The first-order valence-corrected chi connectivity index (χ1v) is 21.5. The van der Waals surface area contributed by atoms with Crippen LogP contribution >= 0.6 is 23.5 Å². The third kappa shape index (κ3) is 14.1. The molecular weight excluding hydrogens is 609 g/mol. The summed E-state index contributed by atoms with van der Waals surface area (Å²) in [5.74, 6) is 1.62. The van der Waals surface area contributed by atoms with Crippen molar-refractivity contribution in [1.82, 2.24) is 0 Å². The highest BCUT2D eigenvalue weighted by Gasteiger charge is 2.49. The van der Waals surface area contributed by atoms with E-state index in [1.807, 2.05) is 23.5 Å². The fourth-order valence-corrected chi connectivity index (χ4v) is 9.00. The number of hydrogen-bond donors (Lipinski definition) is 0. The molecule has 2 rings (SSSR count). The first-order chi connectivity index (χ1) is 22.4. The van der Waals surface area contributed by atoms with E-state index in [0.717, 1.165) is 57.9 Å². The Morgan fingerprint density at radius 2 is 1.00 bits per heavy atom. The molecule has 0 fully saturated rings. The Hall–Kier alpha value is 0.0200. The summed E-state index contributed by atoms with van der Waals surface area (Å²) in [6, 6.07) is 0. The second-order valence-electron chi connectivity index (χ2n) is 14.1. The predicted octanol–water partition coefficient (Wildman–Crippen LogP) is 12.6. The molecule has 0 aromatic carbocycles. The van der Waals surface area contributed by atoms with Crippen molar-refractivity contribution in [3.05, 3.63) is 22.5 Å². The molecular formula is C40H74O4S2. The molecule has 2 aliphatic heterocycles. The van der Waals surface area contributed by atoms with Crippen LogP contribution in [0.15, 0.2) is 22.5 Å². The first-order valence-electron chi connectivity index (χ1n) is 19.6. The van der Waals surface area contributed by atoms with Crippen molar-refractivity contribution in [2.45, 2.75) is 175 Å². The highest BCUT2D eigenvalue weighted by Crippen LogP contribution is 2.50. The van der Waals surface area contributed by atoms with E-state index in [0.29, 0.717) is 23.7 Å². The zero-order chi connectivity index (χ0) is 33.7. The molecule has 0 N–H and O–H groups in total. The van der Waals surface area contributed by atoms with Crippen LogP contribution in [0.5, 0.6) is 0 Å². The van der Waals surface area contributed by atoms with E-state index in [9.17, 15) is 0 Å². The minimum atomic E-state index is -0.751. The highest BCUT2D eigenvalue weighted by atomic mass is 32.2. The second-order valence-corrected chi connectivity index (χ2v) is 16.2. The Morgan fingerprint density at radius 3 is 1.37 bits per heavy atom. The van der Waals surface area contributed by atoms with Gasteiger partial charge in [0, 0.05) is 4.91 Å². The molecule has 0 aliphatic carbocycles. The summed E-state index contributed by atoms with van der Waals surface area (Å²) in [7, 11) is 0. The Balaban J connectivity index is 2.36. The molecule has 270 valence electrons. The third-order valence-electron chi connectivity index (χ3n) is 10.3. The van der Waals surface area contributed by atoms with Crippen molar-refractivity contribution in [2.24, 2.45) is 23.7 Å². The summed E-state index contributed by atoms with van der Waals surface area (Å²) >= 11 is 3.75. The van der Waals surface area contributed by atoms with E-state index in [4.69, 9.17) is 18.9 Å². The van der Waals surface area contributed by atoms with Crippen LogP contribution in [0.3, 0.4) is 0 Å². The molecule has 0 spiro atoms. The largest absolute Gasteiger partial charge is 0.345 e. The van der Waals surface area contributed by atoms with Crippen LogP contribution in [0.1, 0.15) is 158 Å². The van der Waals surface area contributed by atoms with Gasteiger partial charge in [0.05, 0.1) is 37.4 Å². The minimum Gasteiger partial charge on any atom is -0.345 e. The van der Waals surface area contributed by atoms with Gasteiger partial charge in [-0.2, -0.15) is 0 Å². The fraction of sp³-hybridized carbons (Fsp3) is 0.900. The van der Waals surface area contributed by atoms with Crippen LogP contribution < -0.4 is 0 Å². The standard InChI is InChI=1S/C40H74O4S2/c1-9-17-21-33(13-5)28-41-39(42-29-34(14-6)22-18-10-2)27-37(46-32-39)38-40(25-26-45-38,43-30-35(15-7)23-19-11-3)44-31-36(16-8)24-20-12-4/h25-27,33-36,38H,9-24,28-32H2,1-8H3. The zero-order valence-electron chi connectivity index (χ0n) is 31.4. The van der Waals surface area contributed by atoms with Gasteiger partial charge in [0.25, 0.3) is 0 Å². The van der Waals surface area contributed by atoms with E-state index >= 15 is 0 Å². The SMILES string of the molecule is CCCCC(CC)COC1(OCC(CC)CCCC)C=C(C2SC=CC2(OCC(CC)CCCC)OCC(CC)CCCC)SC1. The molecule has 0 aromatic rings. The molecule has 46 heavy (non-hydrogen) atoms. The molecule has 6 heteroatoms. The van der Waals surface area contributed by atoms with Gasteiger partial charge in [0.15, 0.2) is 5.79 Å². The molecule has 5 unspecified atom stereocenters. The van der Waals surface area contributed by atoms with Crippen LogP contribution in [0.2, 0.25) is 0 Å². The Bertz CT molecular complexity index is 790. The van der Waals surface area contributed by atoms with Gasteiger partial charge >= 0.3 is 0 Å². The Kier molecular flexibility index (Phi) is 22.2. The molecule has 5 atom stereocenters. The van der Waals surface area contributed by atoms with E-state index < -0.39 is 11.6 Å². The first kappa shape index (κ1) is 42.2. The van der Waals surface area contributed by atoms with Crippen LogP contribution in [0, 0.1) is 23.7 Å². The summed E-state index contributed by atoms with van der Waals surface area (Å²) in [4.78, 5) is 1.29. The molecule has 0 saturated heterocycles. The average Bonchev–Trinajstić information content (AvgIpc) is 3.70. The lowest BCUT2D eigenvalue weighted by atomic mass is 9.99. The van der Waals surface area contributed by atoms with Crippen molar-refractivity contribution in [2.75, 3.05) is 32.2 Å². The number of hydrogen-bond acceptors (Lipinski definition) is 6. The van der Waals surface area contributed by atoms with Crippen molar-refractivity contribution in [1.29, 1.82) is 0 Å². The van der Waals surface area contributed by atoms with Gasteiger partial charge in [0.2, 0.25) is 5.79 Å². The van der Waals surface area contributed by atoms with Crippen LogP contribution in [0.25, 0.3) is 0 Å². The summed E-state index contributed by atoms with van der Waals surface area (Å²) in [5.41, 5.74) is 0. The number of ether oxygens (including phenoxy) is 4. The maximum absolute atomic E-state index is 6.99. The van der Waals surface area contributed by atoms with E-state index in [2.05, 4.69) is 72.9 Å². The maximum atomic E-state index is 6.99. The monoisotopic (exact) mass is 683 g/mol. The lowest BCUT2D eigenvalue weighted by Gasteiger charge is -2.36. The lowest BCUT2D eigenvalue weighted by Crippen LogP contribution is -2.44. The normalized spacial score (nSPS) is 25.6. The number of unbranched alkanes of at least 4 members (excludes halogenated alkanes) is 4. The van der Waals surface area contributed by atoms with Crippen molar-refractivity contribution >= 4 is 23.5 Å². The Labute approximate surface area is 294 Å². The third-order valence-corrected chi connectivity index (χ3v) is 12.9. The van der Waals surface area contributed by atoms with Gasteiger partial charge in [-0.3, -0.25) is 0 Å². The summed E-state index contributed by atoms with van der Waals surface area (Å²) in [6.45, 7) is 21.3. The Morgan fingerprint density at radius 1 is 0.609 bits per heavy atom. The highest BCUT2D eigenvalue weighted by molar-refractivity contribution is 8.07. The second kappa shape index (κ2) is 24.2. The van der Waals surface area contributed by atoms with Crippen LogP contribution in [0.4, 0.5) is 0 Å².